The number of hydrogen-bond donors (Lipinski definition) is 1. The predicted molar refractivity (Wildman–Crippen MR) is 90.9 cm³/mol. The van der Waals surface area contributed by atoms with Crippen molar-refractivity contribution in [3.05, 3.63) is 35.9 Å². The third-order valence-corrected chi connectivity index (χ3v) is 4.56. The first-order valence-electron chi connectivity index (χ1n) is 8.34. The molecule has 0 saturated carbocycles. The fourth-order valence-electron chi connectivity index (χ4n) is 2.96. The largest absolute Gasteiger partial charge is 0.348 e. The standard InChI is InChI=1S/C18H27N3O2/c1-14(17-8-5-4-6-9-17)19-18(23)15(2)20-10-7-11-21(13-12-20)16(3)22/h4-6,8-9,14-15H,7,10-13H2,1-3H3,(H,19,23)/t14-,15+/m1/s1. The summed E-state index contributed by atoms with van der Waals surface area (Å²) in [6.07, 6.45) is 0.908. The summed E-state index contributed by atoms with van der Waals surface area (Å²) >= 11 is 0. The Hall–Kier alpha value is -1.88. The molecule has 1 heterocycles. The molecule has 2 amide bonds. The van der Waals surface area contributed by atoms with Crippen LogP contribution in [0.1, 0.15) is 38.8 Å². The van der Waals surface area contributed by atoms with Crippen LogP contribution >= 0.6 is 0 Å². The number of carbonyl (C=O) groups is 2. The maximum Gasteiger partial charge on any atom is 0.237 e. The first-order chi connectivity index (χ1) is 11.0. The second-order valence-electron chi connectivity index (χ2n) is 6.21. The number of nitrogens with one attached hydrogen (secondary N) is 1. The van der Waals surface area contributed by atoms with E-state index in [0.717, 1.165) is 31.6 Å². The number of rotatable bonds is 4. The number of hydrogen-bond acceptors (Lipinski definition) is 3. The van der Waals surface area contributed by atoms with Gasteiger partial charge in [0.15, 0.2) is 0 Å². The molecular formula is C18H27N3O2. The molecule has 0 bridgehead atoms. The Bertz CT molecular complexity index is 532. The fourth-order valence-corrected chi connectivity index (χ4v) is 2.96. The van der Waals surface area contributed by atoms with Gasteiger partial charge in [0.05, 0.1) is 12.1 Å². The van der Waals surface area contributed by atoms with Crippen molar-refractivity contribution < 1.29 is 9.59 Å². The van der Waals surface area contributed by atoms with Crippen molar-refractivity contribution in [2.24, 2.45) is 0 Å². The van der Waals surface area contributed by atoms with Crippen LogP contribution in [0.3, 0.4) is 0 Å². The highest BCUT2D eigenvalue weighted by Gasteiger charge is 2.25. The van der Waals surface area contributed by atoms with E-state index in [9.17, 15) is 9.59 Å². The summed E-state index contributed by atoms with van der Waals surface area (Å²) in [5.74, 6) is 0.152. The maximum absolute atomic E-state index is 12.5. The molecule has 0 aliphatic carbocycles. The van der Waals surface area contributed by atoms with Crippen LogP contribution < -0.4 is 5.32 Å². The highest BCUT2D eigenvalue weighted by molar-refractivity contribution is 5.81. The summed E-state index contributed by atoms with van der Waals surface area (Å²) in [7, 11) is 0. The molecule has 0 spiro atoms. The number of carbonyl (C=O) groups excluding carboxylic acids is 2. The van der Waals surface area contributed by atoms with E-state index in [4.69, 9.17) is 0 Å². The number of amides is 2. The summed E-state index contributed by atoms with van der Waals surface area (Å²) in [5, 5.41) is 3.09. The minimum Gasteiger partial charge on any atom is -0.348 e. The van der Waals surface area contributed by atoms with Gasteiger partial charge in [-0.15, -0.1) is 0 Å². The Kier molecular flexibility index (Phi) is 6.16. The van der Waals surface area contributed by atoms with Crippen LogP contribution in [0.5, 0.6) is 0 Å². The van der Waals surface area contributed by atoms with E-state index in [-0.39, 0.29) is 23.9 Å². The van der Waals surface area contributed by atoms with E-state index < -0.39 is 0 Å². The van der Waals surface area contributed by atoms with E-state index in [1.54, 1.807) is 6.92 Å². The first kappa shape index (κ1) is 17.5. The molecule has 0 radical (unpaired) electrons. The summed E-state index contributed by atoms with van der Waals surface area (Å²) in [6, 6.07) is 9.77. The minimum absolute atomic E-state index is 0.00755. The van der Waals surface area contributed by atoms with Gasteiger partial charge < -0.3 is 10.2 Å². The van der Waals surface area contributed by atoms with Crippen molar-refractivity contribution in [1.82, 2.24) is 15.1 Å². The van der Waals surface area contributed by atoms with Gasteiger partial charge in [-0.1, -0.05) is 30.3 Å². The molecule has 2 rings (SSSR count). The van der Waals surface area contributed by atoms with Gasteiger partial charge in [0.2, 0.25) is 11.8 Å². The van der Waals surface area contributed by atoms with Crippen molar-refractivity contribution in [2.45, 2.75) is 39.3 Å². The van der Waals surface area contributed by atoms with Crippen LogP contribution in [0.2, 0.25) is 0 Å². The average molecular weight is 317 g/mol. The third kappa shape index (κ3) is 4.79. The third-order valence-electron chi connectivity index (χ3n) is 4.56. The summed E-state index contributed by atoms with van der Waals surface area (Å²) < 4.78 is 0. The molecule has 1 N–H and O–H groups in total. The van der Waals surface area contributed by atoms with Crippen LogP contribution in [0.25, 0.3) is 0 Å². The van der Waals surface area contributed by atoms with E-state index in [0.29, 0.717) is 6.54 Å². The Morgan fingerprint density at radius 3 is 2.39 bits per heavy atom. The Morgan fingerprint density at radius 2 is 1.74 bits per heavy atom. The molecule has 5 heteroatoms. The van der Waals surface area contributed by atoms with Crippen molar-refractivity contribution in [3.8, 4) is 0 Å². The Morgan fingerprint density at radius 1 is 1.04 bits per heavy atom. The van der Waals surface area contributed by atoms with E-state index >= 15 is 0 Å². The van der Waals surface area contributed by atoms with Crippen LogP contribution in [-0.4, -0.2) is 53.8 Å². The molecule has 5 nitrogen and oxygen atoms in total. The van der Waals surface area contributed by atoms with E-state index in [2.05, 4.69) is 10.2 Å². The molecule has 0 aromatic heterocycles. The van der Waals surface area contributed by atoms with Crippen LogP contribution in [-0.2, 0) is 9.59 Å². The van der Waals surface area contributed by atoms with Crippen molar-refractivity contribution in [1.29, 1.82) is 0 Å². The molecule has 1 fully saturated rings. The van der Waals surface area contributed by atoms with Crippen LogP contribution in [0.4, 0.5) is 0 Å². The summed E-state index contributed by atoms with van der Waals surface area (Å²) in [5.41, 5.74) is 1.10. The van der Waals surface area contributed by atoms with Crippen molar-refractivity contribution in [3.63, 3.8) is 0 Å². The van der Waals surface area contributed by atoms with Gasteiger partial charge in [0.1, 0.15) is 0 Å². The lowest BCUT2D eigenvalue weighted by Crippen LogP contribution is -2.47. The fraction of sp³-hybridized carbons (Fsp3) is 0.556. The monoisotopic (exact) mass is 317 g/mol. The second kappa shape index (κ2) is 8.11. The molecule has 1 aliphatic rings. The topological polar surface area (TPSA) is 52.7 Å². The molecule has 23 heavy (non-hydrogen) atoms. The maximum atomic E-state index is 12.5. The van der Waals surface area contributed by atoms with Gasteiger partial charge >= 0.3 is 0 Å². The van der Waals surface area contributed by atoms with Gasteiger partial charge in [0, 0.05) is 33.1 Å². The second-order valence-corrected chi connectivity index (χ2v) is 6.21. The first-order valence-corrected chi connectivity index (χ1v) is 8.34. The van der Waals surface area contributed by atoms with Gasteiger partial charge in [0.25, 0.3) is 0 Å². The van der Waals surface area contributed by atoms with Gasteiger partial charge in [-0.2, -0.15) is 0 Å². The van der Waals surface area contributed by atoms with Gasteiger partial charge in [-0.25, -0.2) is 0 Å². The summed E-state index contributed by atoms with van der Waals surface area (Å²) in [4.78, 5) is 28.0. The van der Waals surface area contributed by atoms with Crippen LogP contribution in [0.15, 0.2) is 30.3 Å². The molecular weight excluding hydrogens is 290 g/mol. The smallest absolute Gasteiger partial charge is 0.237 e. The Balaban J connectivity index is 1.90. The lowest BCUT2D eigenvalue weighted by atomic mass is 10.1. The zero-order valence-electron chi connectivity index (χ0n) is 14.3. The van der Waals surface area contributed by atoms with Gasteiger partial charge in [-0.05, 0) is 25.8 Å². The van der Waals surface area contributed by atoms with Crippen LogP contribution in [0, 0.1) is 0 Å². The summed E-state index contributed by atoms with van der Waals surface area (Å²) in [6.45, 7) is 8.61. The highest BCUT2D eigenvalue weighted by Crippen LogP contribution is 2.13. The normalized spacial score (nSPS) is 18.8. The molecule has 2 atom stereocenters. The molecule has 1 aromatic rings. The number of nitrogens with zero attached hydrogens (tertiary/aromatic N) is 2. The van der Waals surface area contributed by atoms with E-state index in [1.165, 1.54) is 0 Å². The minimum atomic E-state index is -0.187. The molecule has 1 aliphatic heterocycles. The highest BCUT2D eigenvalue weighted by atomic mass is 16.2. The van der Waals surface area contributed by atoms with Gasteiger partial charge in [-0.3, -0.25) is 14.5 Å². The lowest BCUT2D eigenvalue weighted by molar-refractivity contribution is -0.128. The van der Waals surface area contributed by atoms with E-state index in [1.807, 2.05) is 49.1 Å². The average Bonchev–Trinajstić information content (AvgIpc) is 2.81. The predicted octanol–water partition coefficient (Wildman–Crippen LogP) is 1.81. The zero-order valence-corrected chi connectivity index (χ0v) is 14.3. The zero-order chi connectivity index (χ0) is 16.8. The van der Waals surface area contributed by atoms with Crippen molar-refractivity contribution >= 4 is 11.8 Å². The molecule has 1 aromatic carbocycles. The molecule has 1 saturated heterocycles. The van der Waals surface area contributed by atoms with Crippen molar-refractivity contribution in [2.75, 3.05) is 26.2 Å². The number of benzene rings is 1. The lowest BCUT2D eigenvalue weighted by Gasteiger charge is -2.28. The molecule has 0 unspecified atom stereocenters. The Labute approximate surface area is 138 Å². The quantitative estimate of drug-likeness (QED) is 0.921. The SMILES string of the molecule is CC(=O)N1CCCN([C@@H](C)C(=O)N[C@H](C)c2ccccc2)CC1. The molecule has 126 valence electrons.